The summed E-state index contributed by atoms with van der Waals surface area (Å²) < 4.78 is 5.56. The van der Waals surface area contributed by atoms with E-state index in [-0.39, 0.29) is 12.6 Å². The van der Waals surface area contributed by atoms with Gasteiger partial charge in [-0.3, -0.25) is 0 Å². The number of aliphatic hydroxyl groups is 1. The first kappa shape index (κ1) is 16.6. The molecule has 1 aromatic carbocycles. The van der Waals surface area contributed by atoms with Crippen molar-refractivity contribution in [3.05, 3.63) is 29.8 Å². The highest BCUT2D eigenvalue weighted by Crippen LogP contribution is 2.12. The molecule has 0 saturated carbocycles. The minimum Gasteiger partial charge on any atom is -0.491 e. The van der Waals surface area contributed by atoms with E-state index in [0.717, 1.165) is 18.6 Å². The van der Waals surface area contributed by atoms with Crippen LogP contribution in [0, 0.1) is 12.3 Å². The van der Waals surface area contributed by atoms with Gasteiger partial charge in [0.05, 0.1) is 0 Å². The third-order valence-corrected chi connectivity index (χ3v) is 3.27. The van der Waals surface area contributed by atoms with Crippen LogP contribution in [0.2, 0.25) is 0 Å². The Morgan fingerprint density at radius 2 is 2.00 bits per heavy atom. The molecule has 20 heavy (non-hydrogen) atoms. The largest absolute Gasteiger partial charge is 0.491 e. The Labute approximate surface area is 122 Å². The van der Waals surface area contributed by atoms with Gasteiger partial charge in [-0.1, -0.05) is 26.0 Å². The van der Waals surface area contributed by atoms with E-state index >= 15 is 0 Å². The van der Waals surface area contributed by atoms with Gasteiger partial charge in [0.1, 0.15) is 18.5 Å². The lowest BCUT2D eigenvalue weighted by Gasteiger charge is -2.18. The summed E-state index contributed by atoms with van der Waals surface area (Å²) in [6.45, 7) is 4.97. The first-order chi connectivity index (χ1) is 9.69. The molecule has 0 aliphatic rings. The molecule has 110 valence electrons. The van der Waals surface area contributed by atoms with Gasteiger partial charge >= 0.3 is 0 Å². The standard InChI is InChI=1S/C17H25NO2/c1-4-7-15(6-3)18-12-16(19)13-20-17-10-8-14(5-2)9-11-17/h1,8-11,15-16,18-19H,5-7,12-13H2,2-3H3. The number of aryl methyl sites for hydroxylation is 1. The molecule has 0 saturated heterocycles. The first-order valence-electron chi connectivity index (χ1n) is 7.26. The summed E-state index contributed by atoms with van der Waals surface area (Å²) in [5, 5.41) is 13.1. The topological polar surface area (TPSA) is 41.5 Å². The van der Waals surface area contributed by atoms with Crippen molar-refractivity contribution in [3.63, 3.8) is 0 Å². The molecule has 3 heteroatoms. The molecule has 0 aliphatic carbocycles. The molecule has 0 aromatic heterocycles. The normalized spacial score (nSPS) is 13.5. The van der Waals surface area contributed by atoms with E-state index in [4.69, 9.17) is 11.2 Å². The lowest BCUT2D eigenvalue weighted by Crippen LogP contribution is -2.37. The monoisotopic (exact) mass is 275 g/mol. The third-order valence-electron chi connectivity index (χ3n) is 3.27. The fraction of sp³-hybridized carbons (Fsp3) is 0.529. The molecule has 2 N–H and O–H groups in total. The van der Waals surface area contributed by atoms with Crippen LogP contribution in [0.1, 0.15) is 32.3 Å². The summed E-state index contributed by atoms with van der Waals surface area (Å²) in [6, 6.07) is 8.22. The minimum absolute atomic E-state index is 0.262. The zero-order valence-electron chi connectivity index (χ0n) is 12.4. The van der Waals surface area contributed by atoms with Crippen molar-refractivity contribution in [2.45, 2.75) is 45.3 Å². The van der Waals surface area contributed by atoms with Gasteiger partial charge in [-0.05, 0) is 30.5 Å². The van der Waals surface area contributed by atoms with E-state index in [2.05, 4.69) is 25.1 Å². The molecule has 3 nitrogen and oxygen atoms in total. The molecule has 0 heterocycles. The van der Waals surface area contributed by atoms with Crippen LogP contribution in [-0.2, 0) is 6.42 Å². The van der Waals surface area contributed by atoms with Gasteiger partial charge in [-0.15, -0.1) is 12.3 Å². The molecule has 0 radical (unpaired) electrons. The highest BCUT2D eigenvalue weighted by atomic mass is 16.5. The molecule has 0 bridgehead atoms. The predicted octanol–water partition coefficient (Wildman–Crippen LogP) is 2.38. The van der Waals surface area contributed by atoms with Crippen LogP contribution >= 0.6 is 0 Å². The Hall–Kier alpha value is -1.50. The lowest BCUT2D eigenvalue weighted by atomic mass is 10.1. The van der Waals surface area contributed by atoms with E-state index in [0.29, 0.717) is 13.0 Å². The van der Waals surface area contributed by atoms with Crippen LogP contribution in [-0.4, -0.2) is 30.4 Å². The molecule has 1 rings (SSSR count). The maximum absolute atomic E-state index is 9.88. The van der Waals surface area contributed by atoms with Crippen LogP contribution in [0.4, 0.5) is 0 Å². The van der Waals surface area contributed by atoms with Crippen molar-refractivity contribution in [1.82, 2.24) is 5.32 Å². The van der Waals surface area contributed by atoms with E-state index in [9.17, 15) is 5.11 Å². The summed E-state index contributed by atoms with van der Waals surface area (Å²) in [6.07, 6.45) is 7.41. The third kappa shape index (κ3) is 6.10. The Bertz CT molecular complexity index is 408. The summed E-state index contributed by atoms with van der Waals surface area (Å²) in [5.41, 5.74) is 1.28. The molecule has 1 aromatic rings. The molecule has 2 atom stereocenters. The highest BCUT2D eigenvalue weighted by molar-refractivity contribution is 5.27. The highest BCUT2D eigenvalue weighted by Gasteiger charge is 2.09. The minimum atomic E-state index is -0.535. The summed E-state index contributed by atoms with van der Waals surface area (Å²) in [7, 11) is 0. The van der Waals surface area contributed by atoms with Crippen molar-refractivity contribution >= 4 is 0 Å². The maximum atomic E-state index is 9.88. The maximum Gasteiger partial charge on any atom is 0.119 e. The molecule has 0 spiro atoms. The van der Waals surface area contributed by atoms with E-state index < -0.39 is 6.10 Å². The number of nitrogens with one attached hydrogen (secondary N) is 1. The van der Waals surface area contributed by atoms with Gasteiger partial charge in [0, 0.05) is 19.0 Å². The molecule has 2 unspecified atom stereocenters. The second-order valence-corrected chi connectivity index (χ2v) is 4.88. The van der Waals surface area contributed by atoms with Crippen molar-refractivity contribution < 1.29 is 9.84 Å². The number of aliphatic hydroxyl groups excluding tert-OH is 1. The van der Waals surface area contributed by atoms with Gasteiger partial charge in [0.15, 0.2) is 0 Å². The SMILES string of the molecule is C#CCC(CC)NCC(O)COc1ccc(CC)cc1. The fourth-order valence-electron chi connectivity index (χ4n) is 1.88. The second kappa shape index (κ2) is 9.41. The number of ether oxygens (including phenoxy) is 1. The quantitative estimate of drug-likeness (QED) is 0.680. The van der Waals surface area contributed by atoms with Crippen LogP contribution in [0.3, 0.4) is 0 Å². The predicted molar refractivity (Wildman–Crippen MR) is 82.9 cm³/mol. The van der Waals surface area contributed by atoms with E-state index in [1.54, 1.807) is 0 Å². The van der Waals surface area contributed by atoms with Gasteiger partial charge < -0.3 is 15.2 Å². The second-order valence-electron chi connectivity index (χ2n) is 4.88. The smallest absolute Gasteiger partial charge is 0.119 e. The molecule has 0 fully saturated rings. The number of benzene rings is 1. The number of hydrogen-bond acceptors (Lipinski definition) is 3. The first-order valence-corrected chi connectivity index (χ1v) is 7.26. The van der Waals surface area contributed by atoms with E-state index in [1.165, 1.54) is 5.56 Å². The van der Waals surface area contributed by atoms with Crippen LogP contribution in [0.25, 0.3) is 0 Å². The molecular formula is C17H25NO2. The lowest BCUT2D eigenvalue weighted by molar-refractivity contribution is 0.103. The van der Waals surface area contributed by atoms with Crippen LogP contribution < -0.4 is 10.1 Å². The molecule has 0 amide bonds. The number of rotatable bonds is 9. The van der Waals surface area contributed by atoms with Crippen molar-refractivity contribution in [1.29, 1.82) is 0 Å². The summed E-state index contributed by atoms with van der Waals surface area (Å²) >= 11 is 0. The summed E-state index contributed by atoms with van der Waals surface area (Å²) in [4.78, 5) is 0. The van der Waals surface area contributed by atoms with Gasteiger partial charge in [0.2, 0.25) is 0 Å². The Morgan fingerprint density at radius 1 is 1.30 bits per heavy atom. The van der Waals surface area contributed by atoms with Crippen LogP contribution in [0.15, 0.2) is 24.3 Å². The van der Waals surface area contributed by atoms with Crippen molar-refractivity contribution in [3.8, 4) is 18.1 Å². The fourth-order valence-corrected chi connectivity index (χ4v) is 1.88. The van der Waals surface area contributed by atoms with Crippen molar-refractivity contribution in [2.75, 3.05) is 13.2 Å². The average molecular weight is 275 g/mol. The van der Waals surface area contributed by atoms with E-state index in [1.807, 2.05) is 24.3 Å². The Kier molecular flexibility index (Phi) is 7.79. The van der Waals surface area contributed by atoms with Gasteiger partial charge in [-0.25, -0.2) is 0 Å². The number of terminal acetylenes is 1. The van der Waals surface area contributed by atoms with Crippen molar-refractivity contribution in [2.24, 2.45) is 0 Å². The van der Waals surface area contributed by atoms with Crippen LogP contribution in [0.5, 0.6) is 5.75 Å². The van der Waals surface area contributed by atoms with Gasteiger partial charge in [0.25, 0.3) is 0 Å². The molecular weight excluding hydrogens is 250 g/mol. The zero-order valence-corrected chi connectivity index (χ0v) is 12.4. The molecule has 0 aliphatic heterocycles. The van der Waals surface area contributed by atoms with Gasteiger partial charge in [-0.2, -0.15) is 0 Å². The average Bonchev–Trinajstić information content (AvgIpc) is 2.49. The summed E-state index contributed by atoms with van der Waals surface area (Å²) in [5.74, 6) is 3.42. The Morgan fingerprint density at radius 3 is 2.55 bits per heavy atom. The number of hydrogen-bond donors (Lipinski definition) is 2. The Balaban J connectivity index is 2.28. The zero-order chi connectivity index (χ0) is 14.8.